The molecule has 1 aromatic rings. The first kappa shape index (κ1) is 16.4. The molecule has 0 amide bonds. The van der Waals surface area contributed by atoms with Crippen LogP contribution in [0, 0.1) is 5.92 Å². The van der Waals surface area contributed by atoms with E-state index in [-0.39, 0.29) is 5.78 Å². The molecule has 0 saturated heterocycles. The Hall–Kier alpha value is -1.69. The van der Waals surface area contributed by atoms with Crippen LogP contribution in [0.15, 0.2) is 12.5 Å². The molecule has 0 fully saturated rings. The van der Waals surface area contributed by atoms with Gasteiger partial charge >= 0.3 is 5.97 Å². The molecular weight excluding hydrogens is 258 g/mol. The second kappa shape index (κ2) is 9.25. The predicted molar refractivity (Wildman–Crippen MR) is 75.2 cm³/mol. The molecule has 1 rings (SSSR count). The van der Waals surface area contributed by atoms with Gasteiger partial charge in [0.15, 0.2) is 0 Å². The van der Waals surface area contributed by atoms with Gasteiger partial charge in [-0.05, 0) is 32.2 Å². The summed E-state index contributed by atoms with van der Waals surface area (Å²) in [5.41, 5.74) is 6.32. The molecule has 4 N–H and O–H groups in total. The Morgan fingerprint density at radius 3 is 2.70 bits per heavy atom. The maximum absolute atomic E-state index is 11.7. The van der Waals surface area contributed by atoms with Gasteiger partial charge in [-0.15, -0.1) is 0 Å². The average Bonchev–Trinajstić information content (AvgIpc) is 2.93. The lowest BCUT2D eigenvalue weighted by atomic mass is 9.94. The highest BCUT2D eigenvalue weighted by Crippen LogP contribution is 2.16. The predicted octanol–water partition coefficient (Wildman–Crippen LogP) is 1.52. The SMILES string of the molecule is NCCCC[C@H](CCC(=O)CCc1cnc[nH]1)C(=O)O. The molecule has 0 saturated carbocycles. The van der Waals surface area contributed by atoms with E-state index in [1.807, 2.05) is 0 Å². The van der Waals surface area contributed by atoms with Crippen LogP contribution in [0.4, 0.5) is 0 Å². The van der Waals surface area contributed by atoms with Crippen molar-refractivity contribution in [2.45, 2.75) is 44.9 Å². The zero-order chi connectivity index (χ0) is 14.8. The summed E-state index contributed by atoms with van der Waals surface area (Å²) in [4.78, 5) is 29.7. The van der Waals surface area contributed by atoms with Gasteiger partial charge in [-0.3, -0.25) is 9.59 Å². The first-order valence-corrected chi connectivity index (χ1v) is 7.05. The topological polar surface area (TPSA) is 109 Å². The van der Waals surface area contributed by atoms with E-state index in [1.54, 1.807) is 12.5 Å². The van der Waals surface area contributed by atoms with Crippen molar-refractivity contribution in [1.29, 1.82) is 0 Å². The fourth-order valence-electron chi connectivity index (χ4n) is 2.08. The maximum Gasteiger partial charge on any atom is 0.306 e. The number of nitrogens with zero attached hydrogens (tertiary/aromatic N) is 1. The molecule has 0 bridgehead atoms. The number of carbonyl (C=O) groups is 2. The van der Waals surface area contributed by atoms with E-state index >= 15 is 0 Å². The number of aromatic nitrogens is 2. The molecule has 1 heterocycles. The molecule has 1 aromatic heterocycles. The maximum atomic E-state index is 11.7. The van der Waals surface area contributed by atoms with Gasteiger partial charge in [0, 0.05) is 24.7 Å². The molecule has 6 heteroatoms. The Balaban J connectivity index is 2.23. The summed E-state index contributed by atoms with van der Waals surface area (Å²) < 4.78 is 0. The number of nitrogens with two attached hydrogens (primary N) is 1. The van der Waals surface area contributed by atoms with Crippen molar-refractivity contribution in [1.82, 2.24) is 9.97 Å². The number of nitrogens with one attached hydrogen (secondary N) is 1. The van der Waals surface area contributed by atoms with Gasteiger partial charge in [0.1, 0.15) is 5.78 Å². The van der Waals surface area contributed by atoms with Gasteiger partial charge in [0.05, 0.1) is 12.2 Å². The van der Waals surface area contributed by atoms with Gasteiger partial charge < -0.3 is 15.8 Å². The second-order valence-electron chi connectivity index (χ2n) is 4.97. The van der Waals surface area contributed by atoms with E-state index in [1.165, 1.54) is 0 Å². The van der Waals surface area contributed by atoms with Crippen LogP contribution < -0.4 is 5.73 Å². The standard InChI is InChI=1S/C14H23N3O3/c15-8-2-1-3-11(14(19)20)4-6-13(18)7-5-12-9-16-10-17-12/h9-11H,1-8,15H2,(H,16,17)(H,19,20)/t11-/m1/s1. The Labute approximate surface area is 118 Å². The average molecular weight is 281 g/mol. The van der Waals surface area contributed by atoms with Crippen molar-refractivity contribution >= 4 is 11.8 Å². The first-order chi connectivity index (χ1) is 9.63. The number of rotatable bonds is 11. The summed E-state index contributed by atoms with van der Waals surface area (Å²) in [5.74, 6) is -1.15. The number of aryl methyl sites for hydroxylation is 1. The first-order valence-electron chi connectivity index (χ1n) is 7.05. The number of hydrogen-bond acceptors (Lipinski definition) is 4. The summed E-state index contributed by atoms with van der Waals surface area (Å²) in [6.07, 6.45) is 7.31. The highest BCUT2D eigenvalue weighted by molar-refractivity contribution is 5.79. The van der Waals surface area contributed by atoms with Gasteiger partial charge in [-0.1, -0.05) is 6.42 Å². The summed E-state index contributed by atoms with van der Waals surface area (Å²) in [6, 6.07) is 0. The van der Waals surface area contributed by atoms with Gasteiger partial charge in [-0.2, -0.15) is 0 Å². The zero-order valence-corrected chi connectivity index (χ0v) is 11.7. The number of ketones is 1. The minimum atomic E-state index is -0.816. The smallest absolute Gasteiger partial charge is 0.306 e. The summed E-state index contributed by atoms with van der Waals surface area (Å²) in [6.45, 7) is 0.579. The molecule has 112 valence electrons. The van der Waals surface area contributed by atoms with Crippen LogP contribution in [0.5, 0.6) is 0 Å². The minimum absolute atomic E-state index is 0.102. The molecule has 0 aliphatic carbocycles. The van der Waals surface area contributed by atoms with Crippen molar-refractivity contribution in [3.63, 3.8) is 0 Å². The number of H-pyrrole nitrogens is 1. The minimum Gasteiger partial charge on any atom is -0.481 e. The number of carboxylic acid groups (broad SMARTS) is 1. The van der Waals surface area contributed by atoms with E-state index in [0.717, 1.165) is 18.5 Å². The molecule has 20 heavy (non-hydrogen) atoms. The fourth-order valence-corrected chi connectivity index (χ4v) is 2.08. The van der Waals surface area contributed by atoms with E-state index in [0.29, 0.717) is 38.6 Å². The van der Waals surface area contributed by atoms with Gasteiger partial charge in [-0.25, -0.2) is 4.98 Å². The number of Topliss-reactive ketones (excluding diaryl/α,β-unsaturated/α-hetero) is 1. The van der Waals surface area contributed by atoms with E-state index in [4.69, 9.17) is 10.8 Å². The number of carboxylic acids is 1. The Morgan fingerprint density at radius 2 is 2.10 bits per heavy atom. The van der Waals surface area contributed by atoms with Crippen molar-refractivity contribution < 1.29 is 14.7 Å². The highest BCUT2D eigenvalue weighted by Gasteiger charge is 2.18. The number of unbranched alkanes of at least 4 members (excludes halogenated alkanes) is 1. The quantitative estimate of drug-likeness (QED) is 0.533. The molecule has 0 radical (unpaired) electrons. The van der Waals surface area contributed by atoms with Crippen molar-refractivity contribution in [3.8, 4) is 0 Å². The zero-order valence-electron chi connectivity index (χ0n) is 11.7. The van der Waals surface area contributed by atoms with E-state index in [2.05, 4.69) is 9.97 Å². The van der Waals surface area contributed by atoms with Crippen LogP contribution in [0.2, 0.25) is 0 Å². The molecular formula is C14H23N3O3. The van der Waals surface area contributed by atoms with E-state index < -0.39 is 11.9 Å². The third-order valence-corrected chi connectivity index (χ3v) is 3.36. The largest absolute Gasteiger partial charge is 0.481 e. The Kier molecular flexibility index (Phi) is 7.57. The van der Waals surface area contributed by atoms with Gasteiger partial charge in [0.25, 0.3) is 0 Å². The number of imidazole rings is 1. The number of aliphatic carboxylic acids is 1. The number of hydrogen-bond donors (Lipinski definition) is 3. The lowest BCUT2D eigenvalue weighted by Gasteiger charge is -2.11. The third-order valence-electron chi connectivity index (χ3n) is 3.36. The van der Waals surface area contributed by atoms with Crippen molar-refractivity contribution in [2.24, 2.45) is 11.7 Å². The van der Waals surface area contributed by atoms with Crippen molar-refractivity contribution in [3.05, 3.63) is 18.2 Å². The van der Waals surface area contributed by atoms with Crippen LogP contribution in [-0.2, 0) is 16.0 Å². The monoisotopic (exact) mass is 281 g/mol. The fraction of sp³-hybridized carbons (Fsp3) is 0.643. The molecule has 1 atom stereocenters. The van der Waals surface area contributed by atoms with Gasteiger partial charge in [0.2, 0.25) is 0 Å². The normalized spacial score (nSPS) is 12.2. The summed E-state index contributed by atoms with van der Waals surface area (Å²) in [7, 11) is 0. The van der Waals surface area contributed by atoms with Crippen LogP contribution in [0.25, 0.3) is 0 Å². The number of carbonyl (C=O) groups excluding carboxylic acids is 1. The third kappa shape index (κ3) is 6.47. The molecule has 0 aromatic carbocycles. The van der Waals surface area contributed by atoms with Crippen LogP contribution >= 0.6 is 0 Å². The highest BCUT2D eigenvalue weighted by atomic mass is 16.4. The van der Waals surface area contributed by atoms with E-state index in [9.17, 15) is 9.59 Å². The lowest BCUT2D eigenvalue weighted by Crippen LogP contribution is -2.16. The van der Waals surface area contributed by atoms with Crippen LogP contribution in [-0.4, -0.2) is 33.4 Å². The summed E-state index contributed by atoms with van der Waals surface area (Å²) in [5, 5.41) is 9.11. The molecule has 0 unspecified atom stereocenters. The molecule has 0 spiro atoms. The molecule has 0 aliphatic heterocycles. The Morgan fingerprint density at radius 1 is 1.30 bits per heavy atom. The molecule has 6 nitrogen and oxygen atoms in total. The molecule has 0 aliphatic rings. The van der Waals surface area contributed by atoms with Crippen LogP contribution in [0.1, 0.15) is 44.2 Å². The summed E-state index contributed by atoms with van der Waals surface area (Å²) >= 11 is 0. The van der Waals surface area contributed by atoms with Crippen molar-refractivity contribution in [2.75, 3.05) is 6.54 Å². The Bertz CT molecular complexity index is 404. The second-order valence-corrected chi connectivity index (χ2v) is 4.97. The number of aromatic amines is 1. The lowest BCUT2D eigenvalue weighted by molar-refractivity contribution is -0.142. The van der Waals surface area contributed by atoms with Crippen LogP contribution in [0.3, 0.4) is 0 Å².